The number of nitrogens with two attached hydrogens (primary N) is 1. The van der Waals surface area contributed by atoms with Gasteiger partial charge in [0.25, 0.3) is 5.91 Å². The Morgan fingerprint density at radius 1 is 1.47 bits per heavy atom. The summed E-state index contributed by atoms with van der Waals surface area (Å²) in [6, 6.07) is 4.74. The summed E-state index contributed by atoms with van der Waals surface area (Å²) in [4.78, 5) is 11.7. The van der Waals surface area contributed by atoms with Crippen LogP contribution in [0.5, 0.6) is 5.75 Å². The number of aliphatic hydroxyl groups excluding tert-OH is 1. The first-order valence-corrected chi connectivity index (χ1v) is 5.01. The summed E-state index contributed by atoms with van der Waals surface area (Å²) in [6.07, 6.45) is 1.03. The average molecular weight is 235 g/mol. The van der Waals surface area contributed by atoms with Gasteiger partial charge in [0.15, 0.2) is 6.21 Å². The second kappa shape index (κ2) is 5.16. The number of allylic oxidation sites excluding steroid dienone is 1. The fraction of sp³-hybridized carbons (Fsp3) is 0.167. The van der Waals surface area contributed by atoms with Gasteiger partial charge in [0.05, 0.1) is 0 Å². The summed E-state index contributed by atoms with van der Waals surface area (Å²) >= 11 is 0. The fourth-order valence-corrected chi connectivity index (χ4v) is 1.25. The largest absolute Gasteiger partial charge is 0.512 e. The highest BCUT2D eigenvalue weighted by Gasteiger charge is 2.13. The number of carbonyl (C=O) groups excluding carboxylic acids is 1. The predicted octanol–water partition coefficient (Wildman–Crippen LogP) is 0.301. The summed E-state index contributed by atoms with van der Waals surface area (Å²) in [6.45, 7) is 3.11. The van der Waals surface area contributed by atoms with Crippen molar-refractivity contribution >= 4 is 17.8 Å². The van der Waals surface area contributed by atoms with E-state index in [9.17, 15) is 15.0 Å². The van der Waals surface area contributed by atoms with Crippen LogP contribution in [0.3, 0.4) is 0 Å². The Morgan fingerprint density at radius 2 is 2.12 bits per heavy atom. The van der Waals surface area contributed by atoms with Crippen molar-refractivity contribution < 1.29 is 20.4 Å². The number of benzene rings is 1. The number of anilines is 1. The molecular formula is C12H15N2O3+. The van der Waals surface area contributed by atoms with Gasteiger partial charge in [0.2, 0.25) is 0 Å². The van der Waals surface area contributed by atoms with Crippen molar-refractivity contribution in [1.29, 1.82) is 0 Å². The fourth-order valence-electron chi connectivity index (χ4n) is 1.25. The van der Waals surface area contributed by atoms with Gasteiger partial charge in [-0.3, -0.25) is 10.2 Å². The quantitative estimate of drug-likeness (QED) is 0.345. The molecule has 0 aromatic heterocycles. The molecule has 0 heterocycles. The van der Waals surface area contributed by atoms with Crippen molar-refractivity contribution in [1.82, 2.24) is 0 Å². The first-order valence-electron chi connectivity index (χ1n) is 5.01. The molecule has 1 aromatic rings. The maximum atomic E-state index is 11.7. The van der Waals surface area contributed by atoms with Crippen LogP contribution in [-0.2, 0) is 4.79 Å². The lowest BCUT2D eigenvalue weighted by Crippen LogP contribution is -2.34. The zero-order valence-corrected chi connectivity index (χ0v) is 9.69. The summed E-state index contributed by atoms with van der Waals surface area (Å²) < 4.78 is 0. The van der Waals surface area contributed by atoms with Crippen molar-refractivity contribution in [3.05, 3.63) is 35.1 Å². The molecule has 0 fully saturated rings. The van der Waals surface area contributed by atoms with Crippen LogP contribution in [0.25, 0.3) is 0 Å². The van der Waals surface area contributed by atoms with Crippen LogP contribution in [0.15, 0.2) is 29.5 Å². The second-order valence-electron chi connectivity index (χ2n) is 3.62. The summed E-state index contributed by atoms with van der Waals surface area (Å²) in [5, 5.41) is 26.4. The van der Waals surface area contributed by atoms with Crippen molar-refractivity contribution in [3.63, 3.8) is 0 Å². The topological polar surface area (TPSA) is 95.2 Å². The highest BCUT2D eigenvalue weighted by atomic mass is 16.3. The number of amides is 1. The van der Waals surface area contributed by atoms with Gasteiger partial charge in [0, 0.05) is 11.8 Å². The molecule has 17 heavy (non-hydrogen) atoms. The van der Waals surface area contributed by atoms with E-state index in [-0.39, 0.29) is 17.1 Å². The van der Waals surface area contributed by atoms with Gasteiger partial charge < -0.3 is 15.5 Å². The third kappa shape index (κ3) is 3.07. The van der Waals surface area contributed by atoms with E-state index in [0.29, 0.717) is 11.3 Å². The Hall–Kier alpha value is -2.30. The molecule has 0 aliphatic rings. The summed E-state index contributed by atoms with van der Waals surface area (Å²) in [5.74, 6) is -0.608. The third-order valence-electron chi connectivity index (χ3n) is 2.27. The zero-order chi connectivity index (χ0) is 13.0. The van der Waals surface area contributed by atoms with Gasteiger partial charge >= 0.3 is 0 Å². The lowest BCUT2D eigenvalue weighted by molar-refractivity contribution is -0.115. The number of hydrogen-bond donors (Lipinski definition) is 4. The number of aromatic hydroxyl groups is 1. The molecule has 5 heteroatoms. The molecule has 0 radical (unpaired) electrons. The third-order valence-corrected chi connectivity index (χ3v) is 2.27. The maximum absolute atomic E-state index is 11.7. The highest BCUT2D eigenvalue weighted by molar-refractivity contribution is 6.16. The molecule has 0 aliphatic heterocycles. The number of hydrogen-bond acceptors (Lipinski definition) is 3. The predicted molar refractivity (Wildman–Crippen MR) is 64.8 cm³/mol. The normalized spacial score (nSPS) is 11.6. The van der Waals surface area contributed by atoms with Crippen LogP contribution in [0.1, 0.15) is 12.5 Å². The van der Waals surface area contributed by atoms with E-state index in [4.69, 9.17) is 5.41 Å². The number of rotatable bonds is 3. The van der Waals surface area contributed by atoms with E-state index in [1.54, 1.807) is 19.1 Å². The SMILES string of the molecule is C/C(O)=C(/C=[NH2+])C(=O)Nc1ccc(C)c(O)c1. The molecule has 0 spiro atoms. The van der Waals surface area contributed by atoms with Crippen molar-refractivity contribution in [2.24, 2.45) is 0 Å². The van der Waals surface area contributed by atoms with Crippen molar-refractivity contribution in [2.75, 3.05) is 5.32 Å². The smallest absolute Gasteiger partial charge is 0.265 e. The Labute approximate surface area is 98.9 Å². The number of aryl methyl sites for hydroxylation is 1. The second-order valence-corrected chi connectivity index (χ2v) is 3.62. The molecular weight excluding hydrogens is 220 g/mol. The van der Waals surface area contributed by atoms with E-state index in [0.717, 1.165) is 6.21 Å². The average Bonchev–Trinajstić information content (AvgIpc) is 2.24. The summed E-state index contributed by atoms with van der Waals surface area (Å²) in [5.41, 5.74) is 1.13. The van der Waals surface area contributed by atoms with Gasteiger partial charge in [-0.1, -0.05) is 6.07 Å². The Kier molecular flexibility index (Phi) is 3.87. The van der Waals surface area contributed by atoms with Crippen LogP contribution in [-0.4, -0.2) is 22.3 Å². The zero-order valence-electron chi connectivity index (χ0n) is 9.69. The standard InChI is InChI=1S/C12H14N2O3/c1-7-3-4-9(5-11(7)16)14-12(17)10(6-13)8(2)15/h3-6,13,15-16H,1-2H3,(H,14,17)/p+1/b10-8+,13-6?. The number of phenols is 1. The van der Waals surface area contributed by atoms with Crippen LogP contribution < -0.4 is 10.7 Å². The molecule has 1 rings (SSSR count). The summed E-state index contributed by atoms with van der Waals surface area (Å²) in [7, 11) is 0. The lowest BCUT2D eigenvalue weighted by Gasteiger charge is -2.06. The highest BCUT2D eigenvalue weighted by Crippen LogP contribution is 2.21. The first kappa shape index (κ1) is 12.8. The minimum absolute atomic E-state index is 0.00920. The van der Waals surface area contributed by atoms with Gasteiger partial charge in [-0.05, 0) is 25.5 Å². The number of nitrogens with one attached hydrogen (secondary N) is 1. The molecule has 0 unspecified atom stereocenters. The van der Waals surface area contributed by atoms with Gasteiger partial charge in [-0.2, -0.15) is 0 Å². The molecule has 0 saturated carbocycles. The van der Waals surface area contributed by atoms with Gasteiger partial charge in [0.1, 0.15) is 17.1 Å². The van der Waals surface area contributed by atoms with Crippen LogP contribution in [0.4, 0.5) is 5.69 Å². The number of aliphatic hydroxyl groups is 1. The molecule has 0 aliphatic carbocycles. The van der Waals surface area contributed by atoms with Gasteiger partial charge in [-0.15, -0.1) is 0 Å². The first-order chi connectivity index (χ1) is 7.95. The van der Waals surface area contributed by atoms with E-state index in [1.165, 1.54) is 13.0 Å². The Balaban J connectivity index is 2.92. The van der Waals surface area contributed by atoms with E-state index < -0.39 is 5.91 Å². The van der Waals surface area contributed by atoms with Crippen LogP contribution >= 0.6 is 0 Å². The van der Waals surface area contributed by atoms with Crippen LogP contribution in [0, 0.1) is 6.92 Å². The van der Waals surface area contributed by atoms with E-state index in [2.05, 4.69) is 5.32 Å². The minimum atomic E-state index is -0.532. The van der Waals surface area contributed by atoms with E-state index >= 15 is 0 Å². The van der Waals surface area contributed by atoms with Gasteiger partial charge in [-0.25, -0.2) is 0 Å². The van der Waals surface area contributed by atoms with Crippen LogP contribution in [0.2, 0.25) is 0 Å². The van der Waals surface area contributed by atoms with Crippen molar-refractivity contribution in [3.8, 4) is 5.75 Å². The Morgan fingerprint density at radius 3 is 2.59 bits per heavy atom. The number of phenolic OH excluding ortho intramolecular Hbond substituents is 1. The molecule has 1 amide bonds. The van der Waals surface area contributed by atoms with Crippen molar-refractivity contribution in [2.45, 2.75) is 13.8 Å². The molecule has 5 N–H and O–H groups in total. The molecule has 5 nitrogen and oxygen atoms in total. The minimum Gasteiger partial charge on any atom is -0.512 e. The number of carbonyl (C=O) groups is 1. The van der Waals surface area contributed by atoms with E-state index in [1.807, 2.05) is 0 Å². The molecule has 0 saturated heterocycles. The maximum Gasteiger partial charge on any atom is 0.265 e. The molecule has 90 valence electrons. The Bertz CT molecular complexity index is 489. The molecule has 0 atom stereocenters. The molecule has 0 bridgehead atoms. The lowest BCUT2D eigenvalue weighted by atomic mass is 10.2. The molecule has 1 aromatic carbocycles. The monoisotopic (exact) mass is 235 g/mol.